The van der Waals surface area contributed by atoms with Crippen LogP contribution in [0.3, 0.4) is 0 Å². The zero-order valence-corrected chi connectivity index (χ0v) is 59.3. The number of rotatable bonds is 14. The third-order valence-electron chi connectivity index (χ3n) is 20.1. The lowest BCUT2D eigenvalue weighted by Crippen LogP contribution is -2.41. The maximum absolute atomic E-state index is 15.7. The van der Waals surface area contributed by atoms with Crippen molar-refractivity contribution in [1.29, 1.82) is 0 Å². The van der Waals surface area contributed by atoms with E-state index in [-0.39, 0.29) is 55.1 Å². The number of benzene rings is 8. The van der Waals surface area contributed by atoms with E-state index in [2.05, 4.69) is 26.3 Å². The molecule has 3 aliphatic heterocycles. The van der Waals surface area contributed by atoms with E-state index in [4.69, 9.17) is 53.5 Å². The van der Waals surface area contributed by atoms with Crippen LogP contribution in [0.25, 0.3) is 0 Å². The SMILES string of the molecule is COc1cc(OC)c2cc1C1CC(=O)N[C@H](c3ccccc3)[C@@H](c3ccccc3)NC(=O)CC2c2cc(c(OC)cc2OC)C2CC(=O)N[C@H](c3ccccc3)[C@@H](c3ccccc3)NC(=O)CC(c3cc2c(OC)cc3OC)c2cc1c(OC)cc2OC.Nc1ccn([C@@H]2O[C@H](CO)[C@@H](O)[C@H]2O)c(=O)n1. The Morgan fingerprint density at radius 3 is 0.848 bits per heavy atom. The molecular formula is C81H85N7O17. The van der Waals surface area contributed by atoms with E-state index in [0.29, 0.717) is 90.5 Å². The number of anilines is 1. The third kappa shape index (κ3) is 15.2. The van der Waals surface area contributed by atoms with E-state index in [1.807, 2.05) is 146 Å². The van der Waals surface area contributed by atoms with Gasteiger partial charge in [-0.25, -0.2) is 4.79 Å². The molecule has 0 saturated carbocycles. The van der Waals surface area contributed by atoms with Gasteiger partial charge in [-0.1, -0.05) is 121 Å². The summed E-state index contributed by atoms with van der Waals surface area (Å²) in [6.45, 7) is -0.453. The Morgan fingerprint density at radius 1 is 0.390 bits per heavy atom. The van der Waals surface area contributed by atoms with Gasteiger partial charge in [0.1, 0.15) is 70.1 Å². The number of nitrogens with zero attached hydrogens (tertiary/aromatic N) is 2. The number of methoxy groups -OCH3 is 8. The van der Waals surface area contributed by atoms with Gasteiger partial charge < -0.3 is 85.0 Å². The van der Waals surface area contributed by atoms with E-state index in [9.17, 15) is 15.0 Å². The van der Waals surface area contributed by atoms with Crippen molar-refractivity contribution in [2.45, 2.75) is 98.1 Å². The summed E-state index contributed by atoms with van der Waals surface area (Å²) in [6, 6.07) is 51.3. The molecule has 546 valence electrons. The van der Waals surface area contributed by atoms with Gasteiger partial charge in [-0.3, -0.25) is 23.7 Å². The molecule has 13 rings (SSSR count). The predicted octanol–water partition coefficient (Wildman–Crippen LogP) is 9.05. The number of aliphatic hydroxyl groups is 3. The zero-order valence-electron chi connectivity index (χ0n) is 59.3. The van der Waals surface area contributed by atoms with Crippen LogP contribution in [0.2, 0.25) is 0 Å². The van der Waals surface area contributed by atoms with Crippen molar-refractivity contribution in [3.8, 4) is 46.0 Å². The number of ether oxygens (including phenoxy) is 9. The molecule has 105 heavy (non-hydrogen) atoms. The summed E-state index contributed by atoms with van der Waals surface area (Å²) in [5.41, 5.74) is 12.0. The number of hydrogen-bond donors (Lipinski definition) is 8. The first-order valence-electron chi connectivity index (χ1n) is 34.3. The second kappa shape index (κ2) is 32.5. The van der Waals surface area contributed by atoms with Gasteiger partial charge in [0, 0.05) is 124 Å². The molecule has 1 saturated heterocycles. The Morgan fingerprint density at radius 2 is 0.638 bits per heavy atom. The minimum atomic E-state index is -1.31. The van der Waals surface area contributed by atoms with Crippen molar-refractivity contribution in [3.63, 3.8) is 0 Å². The average molecular weight is 1430 g/mol. The van der Waals surface area contributed by atoms with E-state index >= 15 is 19.2 Å². The Kier molecular flexibility index (Phi) is 22.7. The van der Waals surface area contributed by atoms with Crippen LogP contribution in [-0.4, -0.2) is 130 Å². The summed E-state index contributed by atoms with van der Waals surface area (Å²) in [5, 5.41) is 41.8. The summed E-state index contributed by atoms with van der Waals surface area (Å²) >= 11 is 0. The second-order valence-electron chi connectivity index (χ2n) is 26.0. The molecule has 24 nitrogen and oxygen atoms in total. The molecule has 4 heterocycles. The first-order valence-corrected chi connectivity index (χ1v) is 34.3. The fourth-order valence-electron chi connectivity index (χ4n) is 15.0. The fourth-order valence-corrected chi connectivity index (χ4v) is 15.0. The zero-order chi connectivity index (χ0) is 74.2. The Bertz CT molecular complexity index is 4180. The van der Waals surface area contributed by atoms with E-state index in [0.717, 1.165) is 26.8 Å². The molecule has 4 amide bonds. The molecule has 1 aliphatic carbocycles. The Balaban J connectivity index is 0.000000533. The van der Waals surface area contributed by atoms with Gasteiger partial charge in [0.25, 0.3) is 0 Å². The lowest BCUT2D eigenvalue weighted by atomic mass is 9.77. The van der Waals surface area contributed by atoms with Gasteiger partial charge in [0.05, 0.1) is 87.7 Å². The molecule has 9 N–H and O–H groups in total. The summed E-state index contributed by atoms with van der Waals surface area (Å²) in [7, 11) is 12.5. The molecule has 9 aromatic rings. The topological polar surface area (TPSA) is 321 Å². The molecule has 1 aromatic heterocycles. The summed E-state index contributed by atoms with van der Waals surface area (Å²) in [4.78, 5) is 77.9. The molecule has 4 aliphatic rings. The second-order valence-corrected chi connectivity index (χ2v) is 26.0. The van der Waals surface area contributed by atoms with Crippen molar-refractivity contribution in [2.75, 3.05) is 69.2 Å². The number of aliphatic hydroxyl groups excluding tert-OH is 3. The average Bonchev–Trinajstić information content (AvgIpc) is 0.977. The lowest BCUT2D eigenvalue weighted by molar-refractivity contribution is -0.125. The van der Waals surface area contributed by atoms with Crippen LogP contribution in [0.1, 0.15) is 147 Å². The van der Waals surface area contributed by atoms with Gasteiger partial charge in [-0.2, -0.15) is 4.98 Å². The minimum absolute atomic E-state index is 0.0537. The largest absolute Gasteiger partial charge is 0.496 e. The quantitative estimate of drug-likeness (QED) is 0.0503. The number of fused-ring (bicyclic) bond motifs is 8. The predicted molar refractivity (Wildman–Crippen MR) is 389 cm³/mol. The van der Waals surface area contributed by atoms with Crippen molar-refractivity contribution in [1.82, 2.24) is 30.8 Å². The highest BCUT2D eigenvalue weighted by molar-refractivity contribution is 5.84. The molecule has 12 bridgehead atoms. The Hall–Kier alpha value is -11.4. The van der Waals surface area contributed by atoms with Gasteiger partial charge in [-0.05, 0) is 52.6 Å². The monoisotopic (exact) mass is 1430 g/mol. The lowest BCUT2D eigenvalue weighted by Gasteiger charge is -2.31. The van der Waals surface area contributed by atoms with Gasteiger partial charge in [-0.15, -0.1) is 0 Å². The highest BCUT2D eigenvalue weighted by Crippen LogP contribution is 2.54. The van der Waals surface area contributed by atoms with Crippen LogP contribution in [0.15, 0.2) is 187 Å². The van der Waals surface area contributed by atoms with Gasteiger partial charge in [0.2, 0.25) is 23.6 Å². The highest BCUT2D eigenvalue weighted by Gasteiger charge is 2.45. The van der Waals surface area contributed by atoms with Crippen LogP contribution in [0.4, 0.5) is 5.82 Å². The molecular weight excluding hydrogens is 1340 g/mol. The van der Waals surface area contributed by atoms with Crippen LogP contribution in [-0.2, 0) is 23.9 Å². The number of nitrogens with one attached hydrogen (secondary N) is 4. The molecule has 8 atom stereocenters. The summed E-state index contributed by atoms with van der Waals surface area (Å²) in [6.07, 6.45) is -4.02. The Labute approximate surface area is 607 Å². The normalized spacial score (nSPS) is 22.9. The van der Waals surface area contributed by atoms with Crippen LogP contribution >= 0.6 is 0 Å². The van der Waals surface area contributed by atoms with Crippen molar-refractivity contribution >= 4 is 29.4 Å². The van der Waals surface area contributed by atoms with Crippen LogP contribution < -0.4 is 70.6 Å². The van der Waals surface area contributed by atoms with Crippen molar-refractivity contribution in [2.24, 2.45) is 0 Å². The summed E-state index contributed by atoms with van der Waals surface area (Å²) in [5.74, 6) is -1.95. The van der Waals surface area contributed by atoms with E-state index < -0.39 is 84.7 Å². The standard InChI is InChI=1S/C72H72N4O12.C9H13N3O5/c1-81-57-37-58(82-2)50-29-49(57)45-33-65(77)73-69(41-21-13-9-14-22-41)70(42-23-15-10-16-24-42)74-66(78)34-46(50)55-32-56(64(88-8)40-63(55)87-7)48-36-68(80)76-72(44-27-19-12-20-28-44)71(43-25-17-11-18-26-43)75-67(79)35-47(51-30-52(48)60(84-4)38-59(51)83-3)54-31-53(45)61(85-5)39-62(54)86-6;10-5-1-2-12(9(16)11-5)8-7(15)6(14)4(3-13)17-8/h9-32,37-40,45-48,69-72H,33-36H2,1-8H3,(H,73,77)(H,74,78)(H,75,79)(H,76,80);1-2,4,6-8,13-15H,3H2,(H2,10,11,16)/t45?,46?,47?,48?,69-,70-,71-,72-;4-,6-,7-,8-/m11/s1. The summed E-state index contributed by atoms with van der Waals surface area (Å²) < 4.78 is 57.2. The number of aromatic nitrogens is 2. The van der Waals surface area contributed by atoms with Crippen LogP contribution in [0.5, 0.6) is 46.0 Å². The molecule has 1 fully saturated rings. The molecule has 0 unspecified atom stereocenters. The highest BCUT2D eigenvalue weighted by atomic mass is 16.6. The number of carbonyl (C=O) groups is 4. The fraction of sp³-hybridized carbons (Fsp3) is 0.309. The van der Waals surface area contributed by atoms with E-state index in [1.54, 1.807) is 81.1 Å². The minimum Gasteiger partial charge on any atom is -0.496 e. The van der Waals surface area contributed by atoms with Crippen molar-refractivity contribution in [3.05, 3.63) is 259 Å². The number of hydrogen-bond acceptors (Lipinski definition) is 19. The van der Waals surface area contributed by atoms with E-state index in [1.165, 1.54) is 12.3 Å². The molecule has 8 aromatic carbocycles. The number of nitrogens with two attached hydrogens (primary N) is 1. The molecule has 0 radical (unpaired) electrons. The first-order chi connectivity index (χ1) is 50.9. The number of amides is 4. The maximum Gasteiger partial charge on any atom is 0.351 e. The smallest absolute Gasteiger partial charge is 0.351 e. The number of nitrogen functional groups attached to an aromatic ring is 1. The molecule has 24 heteroatoms. The number of carbonyl (C=O) groups excluding carboxylic acids is 4. The van der Waals surface area contributed by atoms with Gasteiger partial charge >= 0.3 is 5.69 Å². The maximum atomic E-state index is 15.7. The van der Waals surface area contributed by atoms with Crippen LogP contribution in [0, 0.1) is 0 Å². The van der Waals surface area contributed by atoms with Crippen molar-refractivity contribution < 1.29 is 77.1 Å². The molecule has 0 spiro atoms. The third-order valence-corrected chi connectivity index (χ3v) is 20.1. The first kappa shape index (κ1) is 73.3. The van der Waals surface area contributed by atoms with Gasteiger partial charge in [0.15, 0.2) is 6.23 Å².